The van der Waals surface area contributed by atoms with Crippen molar-refractivity contribution < 1.29 is 12.8 Å². The number of halogens is 1. The Bertz CT molecular complexity index is 345. The molecule has 1 atom stereocenters. The second-order valence-corrected chi connectivity index (χ2v) is 4.13. The number of rotatable bonds is 2. The Morgan fingerprint density at radius 2 is 1.75 bits per heavy atom. The van der Waals surface area contributed by atoms with Gasteiger partial charge in [-0.05, 0) is 0 Å². The fourth-order valence-corrected chi connectivity index (χ4v) is 1.38. The van der Waals surface area contributed by atoms with Crippen LogP contribution in [0.15, 0.2) is 30.3 Å². The smallest absolute Gasteiger partial charge is 0.225 e. The van der Waals surface area contributed by atoms with Gasteiger partial charge in [0.15, 0.2) is 9.84 Å². The third-order valence-corrected chi connectivity index (χ3v) is 2.28. The molecular weight excluding hydrogens is 179 g/mol. The zero-order chi connectivity index (χ0) is 9.19. The van der Waals surface area contributed by atoms with Gasteiger partial charge in [0.1, 0.15) is 0 Å². The van der Waals surface area contributed by atoms with Crippen molar-refractivity contribution in [1.29, 1.82) is 0 Å². The lowest BCUT2D eigenvalue weighted by molar-refractivity contribution is 0.435. The largest absolute Gasteiger partial charge is 0.225 e. The van der Waals surface area contributed by atoms with Gasteiger partial charge in [0, 0.05) is 5.56 Å². The first-order valence-corrected chi connectivity index (χ1v) is 4.99. The molecule has 0 aliphatic rings. The summed E-state index contributed by atoms with van der Waals surface area (Å²) in [5, 5.41) is 0. The predicted molar refractivity (Wildman–Crippen MR) is 44.6 cm³/mol. The standard InChI is InChI=1S/C8H8FO2S/c1-12(10,11)8(9)7-5-3-2-4-6-7/h2-6,8H,1H2. The van der Waals surface area contributed by atoms with E-state index in [-0.39, 0.29) is 5.56 Å². The van der Waals surface area contributed by atoms with Crippen LogP contribution in [0.4, 0.5) is 4.39 Å². The highest BCUT2D eigenvalue weighted by molar-refractivity contribution is 7.92. The summed E-state index contributed by atoms with van der Waals surface area (Å²) in [6.45, 7) is 0. The lowest BCUT2D eigenvalue weighted by Gasteiger charge is -2.04. The van der Waals surface area contributed by atoms with Crippen molar-refractivity contribution in [3.05, 3.63) is 42.2 Å². The van der Waals surface area contributed by atoms with Gasteiger partial charge in [-0.3, -0.25) is 0 Å². The average molecular weight is 187 g/mol. The maximum absolute atomic E-state index is 13.0. The number of alkyl halides is 1. The normalized spacial score (nSPS) is 14.2. The summed E-state index contributed by atoms with van der Waals surface area (Å²) in [6.07, 6.45) is 2.74. The van der Waals surface area contributed by atoms with Crippen LogP contribution in [-0.2, 0) is 9.84 Å². The van der Waals surface area contributed by atoms with Gasteiger partial charge in [-0.25, -0.2) is 12.8 Å². The molecule has 2 nitrogen and oxygen atoms in total. The molecule has 0 heterocycles. The molecule has 0 aliphatic heterocycles. The molecule has 12 heavy (non-hydrogen) atoms. The predicted octanol–water partition coefficient (Wildman–Crippen LogP) is 1.86. The summed E-state index contributed by atoms with van der Waals surface area (Å²) >= 11 is 0. The molecule has 0 bridgehead atoms. The van der Waals surface area contributed by atoms with E-state index in [0.717, 1.165) is 0 Å². The number of hydrogen-bond donors (Lipinski definition) is 0. The quantitative estimate of drug-likeness (QED) is 0.708. The van der Waals surface area contributed by atoms with E-state index >= 15 is 0 Å². The molecule has 0 aromatic heterocycles. The fraction of sp³-hybridized carbons (Fsp3) is 0.125. The van der Waals surface area contributed by atoms with Crippen LogP contribution in [0.5, 0.6) is 0 Å². The van der Waals surface area contributed by atoms with E-state index in [1.807, 2.05) is 0 Å². The Kier molecular flexibility index (Phi) is 2.47. The molecule has 0 fully saturated rings. The molecule has 1 rings (SSSR count). The van der Waals surface area contributed by atoms with Crippen LogP contribution < -0.4 is 0 Å². The summed E-state index contributed by atoms with van der Waals surface area (Å²) in [5.74, 6) is 0. The molecular formula is C8H8FO2S. The summed E-state index contributed by atoms with van der Waals surface area (Å²) in [4.78, 5) is 0. The first-order chi connectivity index (χ1) is 5.52. The molecule has 0 N–H and O–H groups in total. The van der Waals surface area contributed by atoms with Gasteiger partial charge >= 0.3 is 0 Å². The van der Waals surface area contributed by atoms with E-state index in [1.165, 1.54) is 12.1 Å². The van der Waals surface area contributed by atoms with Crippen LogP contribution in [-0.4, -0.2) is 8.42 Å². The maximum atomic E-state index is 13.0. The second-order valence-electron chi connectivity index (χ2n) is 2.39. The Hall–Kier alpha value is -0.900. The molecule has 65 valence electrons. The molecule has 0 spiro atoms. The zero-order valence-corrected chi connectivity index (χ0v) is 7.09. The van der Waals surface area contributed by atoms with Gasteiger partial charge < -0.3 is 0 Å². The second kappa shape index (κ2) is 3.23. The minimum absolute atomic E-state index is 0.118. The van der Waals surface area contributed by atoms with Crippen molar-refractivity contribution in [1.82, 2.24) is 0 Å². The topological polar surface area (TPSA) is 34.1 Å². The highest BCUT2D eigenvalue weighted by Gasteiger charge is 2.20. The van der Waals surface area contributed by atoms with E-state index < -0.39 is 15.3 Å². The Labute approximate surface area is 71.0 Å². The van der Waals surface area contributed by atoms with Gasteiger partial charge in [-0.15, -0.1) is 0 Å². The molecule has 0 amide bonds. The molecule has 4 heteroatoms. The lowest BCUT2D eigenvalue weighted by atomic mass is 10.2. The van der Waals surface area contributed by atoms with Gasteiger partial charge in [0.25, 0.3) is 0 Å². The van der Waals surface area contributed by atoms with Crippen molar-refractivity contribution in [3.8, 4) is 0 Å². The van der Waals surface area contributed by atoms with Crippen molar-refractivity contribution in [2.75, 3.05) is 0 Å². The molecule has 1 aromatic carbocycles. The Balaban J connectivity index is 3.02. The first-order valence-electron chi connectivity index (χ1n) is 3.28. The molecule has 1 radical (unpaired) electrons. The first kappa shape index (κ1) is 9.19. The summed E-state index contributed by atoms with van der Waals surface area (Å²) in [6, 6.07) is 7.66. The molecule has 1 unspecified atom stereocenters. The van der Waals surface area contributed by atoms with Crippen LogP contribution in [0.1, 0.15) is 11.1 Å². The highest BCUT2D eigenvalue weighted by atomic mass is 32.2. The van der Waals surface area contributed by atoms with Crippen molar-refractivity contribution >= 4 is 9.84 Å². The molecule has 1 aromatic rings. The van der Waals surface area contributed by atoms with Gasteiger partial charge in [-0.1, -0.05) is 30.3 Å². The average Bonchev–Trinajstić information content (AvgIpc) is 2.03. The maximum Gasteiger partial charge on any atom is 0.225 e. The number of benzene rings is 1. The molecule has 0 saturated heterocycles. The summed E-state index contributed by atoms with van der Waals surface area (Å²) in [5.41, 5.74) is -1.90. The third-order valence-electron chi connectivity index (χ3n) is 1.38. The van der Waals surface area contributed by atoms with Crippen molar-refractivity contribution in [3.63, 3.8) is 0 Å². The molecule has 0 saturated carbocycles. The highest BCUT2D eigenvalue weighted by Crippen LogP contribution is 2.22. The van der Waals surface area contributed by atoms with Crippen LogP contribution >= 0.6 is 0 Å². The zero-order valence-electron chi connectivity index (χ0n) is 6.27. The van der Waals surface area contributed by atoms with Gasteiger partial charge in [0.2, 0.25) is 5.50 Å². The fourth-order valence-electron chi connectivity index (χ4n) is 0.812. The summed E-state index contributed by atoms with van der Waals surface area (Å²) < 4.78 is 34.3. The SMILES string of the molecule is [CH2]S(=O)(=O)C(F)c1ccccc1. The van der Waals surface area contributed by atoms with Crippen LogP contribution in [0.2, 0.25) is 0 Å². The van der Waals surface area contributed by atoms with E-state index in [1.54, 1.807) is 18.2 Å². The van der Waals surface area contributed by atoms with Gasteiger partial charge in [-0.2, -0.15) is 0 Å². The minimum Gasteiger partial charge on any atom is -0.225 e. The molecule has 0 aliphatic carbocycles. The minimum atomic E-state index is -3.87. The van der Waals surface area contributed by atoms with Crippen molar-refractivity contribution in [2.24, 2.45) is 0 Å². The number of sulfone groups is 1. The monoisotopic (exact) mass is 187 g/mol. The Morgan fingerprint density at radius 3 is 2.17 bits per heavy atom. The third kappa shape index (κ3) is 2.04. The van der Waals surface area contributed by atoms with E-state index in [2.05, 4.69) is 6.26 Å². The number of hydrogen-bond acceptors (Lipinski definition) is 2. The van der Waals surface area contributed by atoms with Crippen LogP contribution in [0, 0.1) is 6.26 Å². The lowest BCUT2D eigenvalue weighted by Crippen LogP contribution is -2.03. The van der Waals surface area contributed by atoms with Crippen LogP contribution in [0.25, 0.3) is 0 Å². The van der Waals surface area contributed by atoms with E-state index in [0.29, 0.717) is 0 Å². The Morgan fingerprint density at radius 1 is 1.25 bits per heavy atom. The van der Waals surface area contributed by atoms with Crippen LogP contribution in [0.3, 0.4) is 0 Å². The van der Waals surface area contributed by atoms with E-state index in [9.17, 15) is 12.8 Å². The van der Waals surface area contributed by atoms with Crippen molar-refractivity contribution in [2.45, 2.75) is 5.50 Å². The summed E-state index contributed by atoms with van der Waals surface area (Å²) in [7, 11) is -3.87. The van der Waals surface area contributed by atoms with E-state index in [4.69, 9.17) is 0 Å². The van der Waals surface area contributed by atoms with Gasteiger partial charge in [0.05, 0.1) is 6.26 Å².